The van der Waals surface area contributed by atoms with Crippen molar-refractivity contribution in [2.75, 3.05) is 17.6 Å². The van der Waals surface area contributed by atoms with Crippen LogP contribution < -0.4 is 11.1 Å². The number of hydrogen-bond donors (Lipinski definition) is 2. The highest BCUT2D eigenvalue weighted by molar-refractivity contribution is 5.38. The first kappa shape index (κ1) is 8.29. The number of nitrogens with zero attached hydrogens (tertiary/aromatic N) is 2. The van der Waals surface area contributed by atoms with Gasteiger partial charge in [0.15, 0.2) is 0 Å². The van der Waals surface area contributed by atoms with Crippen LogP contribution in [0, 0.1) is 5.92 Å². The molecule has 0 unspecified atom stereocenters. The normalized spacial score (nSPS) is 16.6. The SMILES string of the molecule is Nc1cncc(NCC2CCC2)n1. The van der Waals surface area contributed by atoms with Gasteiger partial charge in [-0.1, -0.05) is 6.42 Å². The van der Waals surface area contributed by atoms with Crippen molar-refractivity contribution in [2.45, 2.75) is 19.3 Å². The molecule has 4 nitrogen and oxygen atoms in total. The third-order valence-corrected chi connectivity index (χ3v) is 2.45. The summed E-state index contributed by atoms with van der Waals surface area (Å²) in [5.74, 6) is 2.08. The van der Waals surface area contributed by atoms with Crippen molar-refractivity contribution in [1.82, 2.24) is 9.97 Å². The summed E-state index contributed by atoms with van der Waals surface area (Å²) in [6.07, 6.45) is 7.30. The summed E-state index contributed by atoms with van der Waals surface area (Å²) < 4.78 is 0. The number of nitrogens with two attached hydrogens (primary N) is 1. The summed E-state index contributed by atoms with van der Waals surface area (Å²) >= 11 is 0. The van der Waals surface area contributed by atoms with E-state index in [1.165, 1.54) is 19.3 Å². The molecule has 1 aromatic rings. The Balaban J connectivity index is 1.86. The molecule has 0 atom stereocenters. The van der Waals surface area contributed by atoms with Crippen molar-refractivity contribution in [2.24, 2.45) is 5.92 Å². The second-order valence-corrected chi connectivity index (χ2v) is 3.51. The van der Waals surface area contributed by atoms with Crippen LogP contribution >= 0.6 is 0 Å². The molecule has 1 saturated carbocycles. The summed E-state index contributed by atoms with van der Waals surface area (Å²) in [7, 11) is 0. The maximum Gasteiger partial charge on any atom is 0.146 e. The summed E-state index contributed by atoms with van der Waals surface area (Å²) in [5, 5.41) is 3.23. The fourth-order valence-corrected chi connectivity index (χ4v) is 1.41. The van der Waals surface area contributed by atoms with E-state index < -0.39 is 0 Å². The van der Waals surface area contributed by atoms with Gasteiger partial charge in [0.05, 0.1) is 12.4 Å². The maximum absolute atomic E-state index is 5.50. The molecule has 2 rings (SSSR count). The number of hydrogen-bond acceptors (Lipinski definition) is 4. The molecule has 0 saturated heterocycles. The lowest BCUT2D eigenvalue weighted by Crippen LogP contribution is -2.21. The topological polar surface area (TPSA) is 63.8 Å². The largest absolute Gasteiger partial charge is 0.382 e. The number of rotatable bonds is 3. The Morgan fingerprint density at radius 2 is 2.31 bits per heavy atom. The number of nitrogen functional groups attached to an aromatic ring is 1. The number of aromatic nitrogens is 2. The minimum absolute atomic E-state index is 0.471. The lowest BCUT2D eigenvalue weighted by molar-refractivity contribution is 0.333. The lowest BCUT2D eigenvalue weighted by atomic mass is 9.85. The zero-order chi connectivity index (χ0) is 9.10. The molecule has 1 fully saturated rings. The van der Waals surface area contributed by atoms with Gasteiger partial charge in [0.1, 0.15) is 11.6 Å². The fraction of sp³-hybridized carbons (Fsp3) is 0.556. The molecule has 1 aromatic heterocycles. The summed E-state index contributed by atoms with van der Waals surface area (Å²) in [6, 6.07) is 0. The van der Waals surface area contributed by atoms with Crippen molar-refractivity contribution < 1.29 is 0 Å². The minimum atomic E-state index is 0.471. The second kappa shape index (κ2) is 3.60. The summed E-state index contributed by atoms with van der Waals surface area (Å²) in [5.41, 5.74) is 5.50. The summed E-state index contributed by atoms with van der Waals surface area (Å²) in [6.45, 7) is 0.998. The summed E-state index contributed by atoms with van der Waals surface area (Å²) in [4.78, 5) is 8.06. The van der Waals surface area contributed by atoms with Gasteiger partial charge in [-0.2, -0.15) is 0 Å². The van der Waals surface area contributed by atoms with E-state index in [9.17, 15) is 0 Å². The predicted octanol–water partition coefficient (Wildman–Crippen LogP) is 1.27. The van der Waals surface area contributed by atoms with Gasteiger partial charge >= 0.3 is 0 Å². The van der Waals surface area contributed by atoms with E-state index in [1.807, 2.05) is 0 Å². The molecule has 13 heavy (non-hydrogen) atoms. The average Bonchev–Trinajstić information content (AvgIpc) is 2.01. The highest BCUT2D eigenvalue weighted by Gasteiger charge is 2.16. The molecule has 70 valence electrons. The molecule has 1 heterocycles. The second-order valence-electron chi connectivity index (χ2n) is 3.51. The standard InChI is InChI=1S/C9H14N4/c10-8-5-11-6-9(13-8)12-4-7-2-1-3-7/h5-7H,1-4H2,(H3,10,12,13). The van der Waals surface area contributed by atoms with Crippen molar-refractivity contribution in [1.29, 1.82) is 0 Å². The van der Waals surface area contributed by atoms with Crippen molar-refractivity contribution >= 4 is 11.6 Å². The van der Waals surface area contributed by atoms with Gasteiger partial charge in [0, 0.05) is 6.54 Å². The van der Waals surface area contributed by atoms with E-state index in [1.54, 1.807) is 12.4 Å². The van der Waals surface area contributed by atoms with Gasteiger partial charge in [-0.25, -0.2) is 4.98 Å². The predicted molar refractivity (Wildman–Crippen MR) is 52.3 cm³/mol. The lowest BCUT2D eigenvalue weighted by Gasteiger charge is -2.25. The van der Waals surface area contributed by atoms with Crippen LogP contribution in [0.3, 0.4) is 0 Å². The molecule has 0 aliphatic heterocycles. The van der Waals surface area contributed by atoms with Crippen molar-refractivity contribution in [3.05, 3.63) is 12.4 Å². The third-order valence-electron chi connectivity index (χ3n) is 2.45. The molecule has 3 N–H and O–H groups in total. The van der Waals surface area contributed by atoms with Crippen LogP contribution in [-0.4, -0.2) is 16.5 Å². The smallest absolute Gasteiger partial charge is 0.146 e. The van der Waals surface area contributed by atoms with Crippen LogP contribution in [0.5, 0.6) is 0 Å². The molecular formula is C9H14N4. The van der Waals surface area contributed by atoms with Crippen molar-refractivity contribution in [3.8, 4) is 0 Å². The molecule has 0 bridgehead atoms. The van der Waals surface area contributed by atoms with Gasteiger partial charge in [0.25, 0.3) is 0 Å². The fourth-order valence-electron chi connectivity index (χ4n) is 1.41. The van der Waals surface area contributed by atoms with Gasteiger partial charge in [-0.05, 0) is 18.8 Å². The monoisotopic (exact) mass is 178 g/mol. The van der Waals surface area contributed by atoms with E-state index in [-0.39, 0.29) is 0 Å². The Kier molecular flexibility index (Phi) is 2.29. The number of nitrogens with one attached hydrogen (secondary N) is 1. The van der Waals surface area contributed by atoms with Crippen LogP contribution in [0.1, 0.15) is 19.3 Å². The first-order chi connectivity index (χ1) is 6.34. The number of anilines is 2. The van der Waals surface area contributed by atoms with Crippen LogP contribution in [0.15, 0.2) is 12.4 Å². The Morgan fingerprint density at radius 1 is 1.46 bits per heavy atom. The van der Waals surface area contributed by atoms with E-state index in [2.05, 4.69) is 15.3 Å². The van der Waals surface area contributed by atoms with Crippen LogP contribution in [0.2, 0.25) is 0 Å². The Morgan fingerprint density at radius 3 is 2.92 bits per heavy atom. The first-order valence-corrected chi connectivity index (χ1v) is 4.66. The molecule has 1 aliphatic carbocycles. The molecule has 1 aliphatic rings. The van der Waals surface area contributed by atoms with Gasteiger partial charge in [0.2, 0.25) is 0 Å². The first-order valence-electron chi connectivity index (χ1n) is 4.66. The zero-order valence-electron chi connectivity index (χ0n) is 7.53. The molecule has 4 heteroatoms. The van der Waals surface area contributed by atoms with E-state index >= 15 is 0 Å². The quantitative estimate of drug-likeness (QED) is 0.731. The highest BCUT2D eigenvalue weighted by Crippen LogP contribution is 2.26. The molecule has 0 spiro atoms. The molecule has 0 radical (unpaired) electrons. The highest BCUT2D eigenvalue weighted by atomic mass is 15.0. The Bertz CT molecular complexity index is 283. The van der Waals surface area contributed by atoms with Gasteiger partial charge < -0.3 is 11.1 Å². The van der Waals surface area contributed by atoms with Crippen LogP contribution in [0.25, 0.3) is 0 Å². The Labute approximate surface area is 77.6 Å². The maximum atomic E-state index is 5.50. The molecule has 0 aromatic carbocycles. The Hall–Kier alpha value is -1.32. The van der Waals surface area contributed by atoms with E-state index in [0.29, 0.717) is 5.82 Å². The zero-order valence-corrected chi connectivity index (χ0v) is 7.53. The van der Waals surface area contributed by atoms with Crippen molar-refractivity contribution in [3.63, 3.8) is 0 Å². The van der Waals surface area contributed by atoms with Crippen LogP contribution in [-0.2, 0) is 0 Å². The minimum Gasteiger partial charge on any atom is -0.382 e. The van der Waals surface area contributed by atoms with E-state index in [4.69, 9.17) is 5.73 Å². The van der Waals surface area contributed by atoms with E-state index in [0.717, 1.165) is 18.3 Å². The van der Waals surface area contributed by atoms with Gasteiger partial charge in [-0.15, -0.1) is 0 Å². The molecular weight excluding hydrogens is 164 g/mol. The van der Waals surface area contributed by atoms with Gasteiger partial charge in [-0.3, -0.25) is 4.98 Å². The average molecular weight is 178 g/mol. The third kappa shape index (κ3) is 2.08. The van der Waals surface area contributed by atoms with Crippen LogP contribution in [0.4, 0.5) is 11.6 Å². The molecule has 0 amide bonds.